The second kappa shape index (κ2) is 7.09. The molecule has 1 saturated heterocycles. The van der Waals surface area contributed by atoms with Crippen LogP contribution in [0.15, 0.2) is 54.6 Å². The van der Waals surface area contributed by atoms with Crippen molar-refractivity contribution in [1.29, 1.82) is 0 Å². The highest BCUT2D eigenvalue weighted by Gasteiger charge is 2.70. The number of hydrogen-bond donors (Lipinski definition) is 1. The number of fused-ring (bicyclic) bond motifs is 1. The number of imide groups is 1. The minimum Gasteiger partial charge on any atom is -0.406 e. The smallest absolute Gasteiger partial charge is 0.406 e. The SMILES string of the molecule is CNc1cc(N2C(=O)N(c3ccc(OC(F)(F)F)cc3)C(=O)C23CC3C)c2ccccc2n1. The molecule has 1 aromatic heterocycles. The Hall–Kier alpha value is -3.82. The maximum atomic E-state index is 13.7. The molecule has 1 aliphatic carbocycles. The molecule has 1 spiro atoms. The highest BCUT2D eigenvalue weighted by atomic mass is 19.4. The van der Waals surface area contributed by atoms with Gasteiger partial charge in [-0.25, -0.2) is 14.7 Å². The molecule has 7 nitrogen and oxygen atoms in total. The number of halogens is 3. The molecule has 170 valence electrons. The number of pyridine rings is 1. The molecule has 2 heterocycles. The van der Waals surface area contributed by atoms with Crippen molar-refractivity contribution in [2.75, 3.05) is 22.2 Å². The summed E-state index contributed by atoms with van der Waals surface area (Å²) < 4.78 is 41.4. The van der Waals surface area contributed by atoms with Crippen LogP contribution in [0.3, 0.4) is 0 Å². The van der Waals surface area contributed by atoms with Crippen molar-refractivity contribution in [2.45, 2.75) is 25.2 Å². The lowest BCUT2D eigenvalue weighted by Gasteiger charge is -2.24. The van der Waals surface area contributed by atoms with Crippen LogP contribution in [0.4, 0.5) is 35.2 Å². The van der Waals surface area contributed by atoms with Crippen molar-refractivity contribution in [1.82, 2.24) is 4.98 Å². The van der Waals surface area contributed by atoms with Crippen LogP contribution in [0.2, 0.25) is 0 Å². The normalized spacial score (nSPS) is 22.4. The van der Waals surface area contributed by atoms with Crippen LogP contribution in [-0.4, -0.2) is 35.9 Å². The molecular formula is C23H19F3N4O3. The van der Waals surface area contributed by atoms with E-state index in [1.165, 1.54) is 17.0 Å². The molecule has 1 saturated carbocycles. The first-order valence-corrected chi connectivity index (χ1v) is 10.3. The van der Waals surface area contributed by atoms with E-state index >= 15 is 0 Å². The molecule has 5 rings (SSSR count). The van der Waals surface area contributed by atoms with Gasteiger partial charge in [0.05, 0.1) is 16.9 Å². The molecule has 2 fully saturated rings. The molecule has 10 heteroatoms. The van der Waals surface area contributed by atoms with E-state index in [0.717, 1.165) is 17.0 Å². The summed E-state index contributed by atoms with van der Waals surface area (Å²) in [4.78, 5) is 34.2. The number of anilines is 3. The molecule has 2 aromatic carbocycles. The summed E-state index contributed by atoms with van der Waals surface area (Å²) in [7, 11) is 1.71. The van der Waals surface area contributed by atoms with Gasteiger partial charge in [-0.3, -0.25) is 9.69 Å². The molecule has 0 radical (unpaired) electrons. The summed E-state index contributed by atoms with van der Waals surface area (Å²) in [5, 5.41) is 3.70. The van der Waals surface area contributed by atoms with Crippen LogP contribution in [-0.2, 0) is 4.79 Å². The van der Waals surface area contributed by atoms with E-state index in [9.17, 15) is 22.8 Å². The molecule has 3 aromatic rings. The van der Waals surface area contributed by atoms with Gasteiger partial charge in [0, 0.05) is 18.5 Å². The number of hydrogen-bond acceptors (Lipinski definition) is 5. The van der Waals surface area contributed by atoms with Gasteiger partial charge in [0.15, 0.2) is 0 Å². The van der Waals surface area contributed by atoms with Crippen LogP contribution in [0, 0.1) is 5.92 Å². The Kier molecular flexibility index (Phi) is 4.52. The summed E-state index contributed by atoms with van der Waals surface area (Å²) in [6.07, 6.45) is -4.35. The average molecular weight is 456 g/mol. The second-order valence-corrected chi connectivity index (χ2v) is 8.12. The number of aromatic nitrogens is 1. The fourth-order valence-electron chi connectivity index (χ4n) is 4.48. The molecule has 3 amide bonds. The molecule has 1 N–H and O–H groups in total. The third-order valence-corrected chi connectivity index (χ3v) is 6.15. The first-order chi connectivity index (χ1) is 15.7. The predicted octanol–water partition coefficient (Wildman–Crippen LogP) is 4.93. The standard InChI is InChI=1S/C23H19F3N4O3/c1-13-12-22(13)20(31)29(14-7-9-15(10-8-14)33-23(24,25)26)21(32)30(22)18-11-19(27-2)28-17-6-4-3-5-16(17)18/h3-11,13H,12H2,1-2H3,(H,27,28). The Labute approximate surface area is 186 Å². The number of para-hydroxylation sites is 1. The Morgan fingerprint density at radius 2 is 1.79 bits per heavy atom. The Morgan fingerprint density at radius 1 is 1.12 bits per heavy atom. The zero-order valence-electron chi connectivity index (χ0n) is 17.7. The van der Waals surface area contributed by atoms with E-state index in [-0.39, 0.29) is 11.6 Å². The fourth-order valence-corrected chi connectivity index (χ4v) is 4.48. The fraction of sp³-hybridized carbons (Fsp3) is 0.261. The molecule has 1 aliphatic heterocycles. The van der Waals surface area contributed by atoms with E-state index in [1.54, 1.807) is 13.1 Å². The number of urea groups is 1. The summed E-state index contributed by atoms with van der Waals surface area (Å²) in [6.45, 7) is 1.89. The van der Waals surface area contributed by atoms with Gasteiger partial charge in [-0.05, 0) is 42.7 Å². The van der Waals surface area contributed by atoms with Gasteiger partial charge in [0.1, 0.15) is 17.1 Å². The van der Waals surface area contributed by atoms with Crippen LogP contribution in [0.1, 0.15) is 13.3 Å². The number of nitrogens with zero attached hydrogens (tertiary/aromatic N) is 3. The maximum Gasteiger partial charge on any atom is 0.573 e. The zero-order chi connectivity index (χ0) is 23.5. The molecule has 2 atom stereocenters. The number of rotatable bonds is 4. The second-order valence-electron chi connectivity index (χ2n) is 8.12. The first kappa shape index (κ1) is 21.0. The molecular weight excluding hydrogens is 437 g/mol. The molecule has 0 bridgehead atoms. The van der Waals surface area contributed by atoms with Crippen molar-refractivity contribution in [3.63, 3.8) is 0 Å². The van der Waals surface area contributed by atoms with Gasteiger partial charge in [-0.2, -0.15) is 0 Å². The van der Waals surface area contributed by atoms with E-state index in [4.69, 9.17) is 0 Å². The number of carbonyl (C=O) groups is 2. The quantitative estimate of drug-likeness (QED) is 0.564. The highest BCUT2D eigenvalue weighted by molar-refractivity contribution is 6.33. The van der Waals surface area contributed by atoms with Crippen LogP contribution >= 0.6 is 0 Å². The average Bonchev–Trinajstić information content (AvgIpc) is 3.39. The molecule has 33 heavy (non-hydrogen) atoms. The Bertz CT molecular complexity index is 1280. The Morgan fingerprint density at radius 3 is 2.39 bits per heavy atom. The predicted molar refractivity (Wildman–Crippen MR) is 116 cm³/mol. The van der Waals surface area contributed by atoms with Crippen molar-refractivity contribution < 1.29 is 27.5 Å². The zero-order valence-corrected chi connectivity index (χ0v) is 17.7. The number of amides is 3. The minimum atomic E-state index is -4.83. The summed E-state index contributed by atoms with van der Waals surface area (Å²) >= 11 is 0. The Balaban J connectivity index is 1.59. The largest absolute Gasteiger partial charge is 0.573 e. The minimum absolute atomic E-state index is 0.0863. The van der Waals surface area contributed by atoms with Gasteiger partial charge < -0.3 is 10.1 Å². The van der Waals surface area contributed by atoms with E-state index in [1.807, 2.05) is 31.2 Å². The third kappa shape index (κ3) is 3.24. The van der Waals surface area contributed by atoms with Crippen molar-refractivity contribution in [3.05, 3.63) is 54.6 Å². The monoisotopic (exact) mass is 456 g/mol. The van der Waals surface area contributed by atoms with E-state index in [0.29, 0.717) is 28.8 Å². The number of alkyl halides is 3. The van der Waals surface area contributed by atoms with Gasteiger partial charge in [0.2, 0.25) is 0 Å². The van der Waals surface area contributed by atoms with Crippen molar-refractivity contribution >= 4 is 40.0 Å². The summed E-state index contributed by atoms with van der Waals surface area (Å²) in [6, 6.07) is 13.2. The molecule has 2 unspecified atom stereocenters. The summed E-state index contributed by atoms with van der Waals surface area (Å²) in [5.41, 5.74) is 0.336. The van der Waals surface area contributed by atoms with Gasteiger partial charge >= 0.3 is 12.4 Å². The van der Waals surface area contributed by atoms with Crippen molar-refractivity contribution in [2.24, 2.45) is 5.92 Å². The highest BCUT2D eigenvalue weighted by Crippen LogP contribution is 2.56. The van der Waals surface area contributed by atoms with Gasteiger partial charge in [-0.15, -0.1) is 13.2 Å². The lowest BCUT2D eigenvalue weighted by Crippen LogP contribution is -2.39. The maximum absolute atomic E-state index is 13.7. The molecule has 2 aliphatic rings. The number of benzene rings is 2. The van der Waals surface area contributed by atoms with E-state index in [2.05, 4.69) is 15.0 Å². The number of nitrogens with one attached hydrogen (secondary N) is 1. The lowest BCUT2D eigenvalue weighted by molar-refractivity contribution is -0.274. The third-order valence-electron chi connectivity index (χ3n) is 6.15. The topological polar surface area (TPSA) is 74.8 Å². The number of carbonyl (C=O) groups excluding carboxylic acids is 2. The van der Waals surface area contributed by atoms with E-state index < -0.39 is 29.6 Å². The van der Waals surface area contributed by atoms with Crippen molar-refractivity contribution in [3.8, 4) is 5.75 Å². The first-order valence-electron chi connectivity index (χ1n) is 10.3. The van der Waals surface area contributed by atoms with Gasteiger partial charge in [-0.1, -0.05) is 25.1 Å². The van der Waals surface area contributed by atoms with Crippen LogP contribution < -0.4 is 19.9 Å². The lowest BCUT2D eigenvalue weighted by atomic mass is 10.1. The summed E-state index contributed by atoms with van der Waals surface area (Å²) in [5.74, 6) is -0.386. The van der Waals surface area contributed by atoms with Crippen LogP contribution in [0.5, 0.6) is 5.75 Å². The van der Waals surface area contributed by atoms with Crippen LogP contribution in [0.25, 0.3) is 10.9 Å². The number of ether oxygens (including phenoxy) is 1. The van der Waals surface area contributed by atoms with Gasteiger partial charge in [0.25, 0.3) is 5.91 Å².